The Hall–Kier alpha value is -1.51. The van der Waals surface area contributed by atoms with Crippen molar-refractivity contribution < 1.29 is 0 Å². The standard InChI is InChI=1S/C17H27N3/c1-17(2,13-15-9-5-3-6-10-15)14-19-16(18)20-11-7-4-8-12-20/h3,5-6,9-10H,4,7-8,11-14H2,1-2H3,(H2,18,19). The van der Waals surface area contributed by atoms with E-state index in [9.17, 15) is 0 Å². The summed E-state index contributed by atoms with van der Waals surface area (Å²) >= 11 is 0. The molecule has 0 spiro atoms. The number of nitrogens with zero attached hydrogens (tertiary/aromatic N) is 2. The van der Waals surface area contributed by atoms with Crippen molar-refractivity contribution in [3.8, 4) is 0 Å². The topological polar surface area (TPSA) is 41.6 Å². The maximum Gasteiger partial charge on any atom is 0.191 e. The second-order valence-corrected chi connectivity index (χ2v) is 6.55. The van der Waals surface area contributed by atoms with Gasteiger partial charge in [-0.2, -0.15) is 0 Å². The van der Waals surface area contributed by atoms with E-state index in [4.69, 9.17) is 5.73 Å². The van der Waals surface area contributed by atoms with Crippen molar-refractivity contribution in [2.45, 2.75) is 39.5 Å². The molecule has 1 aliphatic rings. The molecule has 1 aliphatic heterocycles. The van der Waals surface area contributed by atoms with Crippen molar-refractivity contribution in [1.29, 1.82) is 0 Å². The second kappa shape index (κ2) is 6.78. The minimum atomic E-state index is 0.141. The molecule has 1 saturated heterocycles. The number of guanidine groups is 1. The fraction of sp³-hybridized carbons (Fsp3) is 0.588. The zero-order valence-electron chi connectivity index (χ0n) is 12.8. The summed E-state index contributed by atoms with van der Waals surface area (Å²) in [4.78, 5) is 6.86. The van der Waals surface area contributed by atoms with E-state index in [0.29, 0.717) is 0 Å². The van der Waals surface area contributed by atoms with Gasteiger partial charge in [-0.15, -0.1) is 0 Å². The van der Waals surface area contributed by atoms with Gasteiger partial charge in [-0.05, 0) is 36.7 Å². The van der Waals surface area contributed by atoms with Crippen molar-refractivity contribution >= 4 is 5.96 Å². The minimum absolute atomic E-state index is 0.141. The molecular formula is C17H27N3. The number of benzene rings is 1. The molecule has 0 bridgehead atoms. The zero-order valence-corrected chi connectivity index (χ0v) is 12.8. The molecule has 1 heterocycles. The van der Waals surface area contributed by atoms with Gasteiger partial charge in [0, 0.05) is 19.6 Å². The smallest absolute Gasteiger partial charge is 0.191 e. The lowest BCUT2D eigenvalue weighted by molar-refractivity contribution is 0.331. The molecule has 0 atom stereocenters. The zero-order chi connectivity index (χ0) is 14.4. The summed E-state index contributed by atoms with van der Waals surface area (Å²) in [7, 11) is 0. The third-order valence-corrected chi connectivity index (χ3v) is 3.87. The first kappa shape index (κ1) is 14.9. The molecule has 0 aliphatic carbocycles. The van der Waals surface area contributed by atoms with Gasteiger partial charge in [0.15, 0.2) is 5.96 Å². The van der Waals surface area contributed by atoms with E-state index in [1.54, 1.807) is 0 Å². The molecule has 110 valence electrons. The second-order valence-electron chi connectivity index (χ2n) is 6.55. The van der Waals surface area contributed by atoms with Crippen molar-refractivity contribution in [3.05, 3.63) is 35.9 Å². The molecule has 0 saturated carbocycles. The van der Waals surface area contributed by atoms with Crippen molar-refractivity contribution in [2.24, 2.45) is 16.1 Å². The molecule has 20 heavy (non-hydrogen) atoms. The number of likely N-dealkylation sites (tertiary alicyclic amines) is 1. The van der Waals surface area contributed by atoms with Gasteiger partial charge >= 0.3 is 0 Å². The summed E-state index contributed by atoms with van der Waals surface area (Å²) in [5.41, 5.74) is 7.63. The molecule has 0 unspecified atom stereocenters. The van der Waals surface area contributed by atoms with Crippen LogP contribution in [-0.4, -0.2) is 30.5 Å². The molecule has 1 aromatic carbocycles. The van der Waals surface area contributed by atoms with Crippen LogP contribution in [0.1, 0.15) is 38.7 Å². The van der Waals surface area contributed by atoms with Crippen molar-refractivity contribution in [2.75, 3.05) is 19.6 Å². The molecule has 2 rings (SSSR count). The highest BCUT2D eigenvalue weighted by molar-refractivity contribution is 5.78. The van der Waals surface area contributed by atoms with E-state index in [1.807, 2.05) is 0 Å². The molecule has 2 N–H and O–H groups in total. The number of hydrogen-bond acceptors (Lipinski definition) is 1. The Morgan fingerprint density at radius 3 is 2.45 bits per heavy atom. The average Bonchev–Trinajstić information content (AvgIpc) is 2.46. The minimum Gasteiger partial charge on any atom is -0.370 e. The number of aliphatic imine (C=N–C) groups is 1. The van der Waals surface area contributed by atoms with Gasteiger partial charge in [0.05, 0.1) is 0 Å². The Bertz CT molecular complexity index is 431. The Kier molecular flexibility index (Phi) is 5.05. The molecule has 1 aromatic rings. The maximum atomic E-state index is 6.12. The summed E-state index contributed by atoms with van der Waals surface area (Å²) < 4.78 is 0. The SMILES string of the molecule is CC(C)(CN=C(N)N1CCCCC1)Cc1ccccc1. The quantitative estimate of drug-likeness (QED) is 0.676. The van der Waals surface area contributed by atoms with Gasteiger partial charge in [0.25, 0.3) is 0 Å². The number of nitrogens with two attached hydrogens (primary N) is 1. The van der Waals surface area contributed by atoms with Crippen LogP contribution in [0.3, 0.4) is 0 Å². The van der Waals surface area contributed by atoms with E-state index >= 15 is 0 Å². The van der Waals surface area contributed by atoms with Crippen LogP contribution in [0.4, 0.5) is 0 Å². The Morgan fingerprint density at radius 2 is 1.80 bits per heavy atom. The van der Waals surface area contributed by atoms with Gasteiger partial charge in [0.2, 0.25) is 0 Å². The summed E-state index contributed by atoms with van der Waals surface area (Å²) in [5.74, 6) is 0.728. The Balaban J connectivity index is 1.90. The van der Waals surface area contributed by atoms with Gasteiger partial charge < -0.3 is 10.6 Å². The first-order valence-corrected chi connectivity index (χ1v) is 7.66. The molecule has 0 radical (unpaired) electrons. The lowest BCUT2D eigenvalue weighted by Gasteiger charge is -2.29. The van der Waals surface area contributed by atoms with E-state index in [2.05, 4.69) is 54.1 Å². The van der Waals surface area contributed by atoms with Crippen LogP contribution in [0.2, 0.25) is 0 Å². The highest BCUT2D eigenvalue weighted by atomic mass is 15.3. The fourth-order valence-corrected chi connectivity index (χ4v) is 2.72. The van der Waals surface area contributed by atoms with Crippen molar-refractivity contribution in [3.63, 3.8) is 0 Å². The number of hydrogen-bond donors (Lipinski definition) is 1. The highest BCUT2D eigenvalue weighted by Crippen LogP contribution is 2.22. The van der Waals surface area contributed by atoms with Gasteiger partial charge in [0.1, 0.15) is 0 Å². The van der Waals surface area contributed by atoms with Crippen LogP contribution in [0.5, 0.6) is 0 Å². The predicted molar refractivity (Wildman–Crippen MR) is 85.8 cm³/mol. The molecule has 3 heteroatoms. The fourth-order valence-electron chi connectivity index (χ4n) is 2.72. The average molecular weight is 273 g/mol. The van der Waals surface area contributed by atoms with Crippen LogP contribution < -0.4 is 5.73 Å². The molecule has 0 aromatic heterocycles. The molecule has 0 amide bonds. The van der Waals surface area contributed by atoms with Crippen LogP contribution >= 0.6 is 0 Å². The Morgan fingerprint density at radius 1 is 1.15 bits per heavy atom. The lowest BCUT2D eigenvalue weighted by Crippen LogP contribution is -2.41. The summed E-state index contributed by atoms with van der Waals surface area (Å²) in [6.07, 6.45) is 4.83. The third-order valence-electron chi connectivity index (χ3n) is 3.87. The van der Waals surface area contributed by atoms with E-state index in [1.165, 1.54) is 24.8 Å². The number of piperidine rings is 1. The predicted octanol–water partition coefficient (Wildman–Crippen LogP) is 3.06. The molecule has 1 fully saturated rings. The van der Waals surface area contributed by atoms with E-state index < -0.39 is 0 Å². The summed E-state index contributed by atoms with van der Waals surface area (Å²) in [5, 5.41) is 0. The first-order chi connectivity index (χ1) is 9.57. The lowest BCUT2D eigenvalue weighted by atomic mass is 9.86. The molecule has 3 nitrogen and oxygen atoms in total. The van der Waals surface area contributed by atoms with Crippen LogP contribution in [0.15, 0.2) is 35.3 Å². The largest absolute Gasteiger partial charge is 0.370 e. The first-order valence-electron chi connectivity index (χ1n) is 7.66. The van der Waals surface area contributed by atoms with Crippen LogP contribution in [0, 0.1) is 5.41 Å². The monoisotopic (exact) mass is 273 g/mol. The normalized spacial score (nSPS) is 17.3. The summed E-state index contributed by atoms with van der Waals surface area (Å²) in [6.45, 7) is 7.42. The molecular weight excluding hydrogens is 246 g/mol. The van der Waals surface area contributed by atoms with Crippen molar-refractivity contribution in [1.82, 2.24) is 4.90 Å². The number of rotatable bonds is 4. The van der Waals surface area contributed by atoms with E-state index in [-0.39, 0.29) is 5.41 Å². The van der Waals surface area contributed by atoms with Crippen LogP contribution in [0.25, 0.3) is 0 Å². The third kappa shape index (κ3) is 4.55. The highest BCUT2D eigenvalue weighted by Gasteiger charge is 2.19. The Labute approximate surface area is 122 Å². The van der Waals surface area contributed by atoms with Gasteiger partial charge in [-0.3, -0.25) is 4.99 Å². The summed E-state index contributed by atoms with van der Waals surface area (Å²) in [6, 6.07) is 10.6. The van der Waals surface area contributed by atoms with E-state index in [0.717, 1.165) is 32.0 Å². The van der Waals surface area contributed by atoms with Gasteiger partial charge in [-0.1, -0.05) is 44.2 Å². The van der Waals surface area contributed by atoms with Crippen LogP contribution in [-0.2, 0) is 6.42 Å². The van der Waals surface area contributed by atoms with Gasteiger partial charge in [-0.25, -0.2) is 0 Å². The maximum absolute atomic E-state index is 6.12.